The first kappa shape index (κ1) is 20.8. The fourth-order valence-corrected chi connectivity index (χ4v) is 5.47. The average molecular weight is 427 g/mol. The third-order valence-corrected chi connectivity index (χ3v) is 7.36. The normalized spacial score (nSPS) is 20.1. The van der Waals surface area contributed by atoms with Crippen LogP contribution in [0.1, 0.15) is 45.1 Å². The molecule has 3 N–H and O–H groups in total. The summed E-state index contributed by atoms with van der Waals surface area (Å²) < 4.78 is 5.30. The Hall–Kier alpha value is -2.48. The Balaban J connectivity index is 1.72. The van der Waals surface area contributed by atoms with Crippen molar-refractivity contribution < 1.29 is 19.0 Å². The summed E-state index contributed by atoms with van der Waals surface area (Å²) in [5, 5.41) is 4.05. The Bertz CT molecular complexity index is 976. The lowest BCUT2D eigenvalue weighted by atomic mass is 9.95. The van der Waals surface area contributed by atoms with Gasteiger partial charge in [0.2, 0.25) is 0 Å². The molecule has 0 saturated carbocycles. The monoisotopic (exact) mass is 426 g/mol. The molecule has 0 spiro atoms. The van der Waals surface area contributed by atoms with E-state index in [0.717, 1.165) is 18.1 Å². The molecular formula is C23H30N4O2S+2. The molecule has 1 fully saturated rings. The highest BCUT2D eigenvalue weighted by Crippen LogP contribution is 2.38. The third-order valence-electron chi connectivity index (χ3n) is 6.22. The molecule has 0 aliphatic carbocycles. The van der Waals surface area contributed by atoms with Gasteiger partial charge in [-0.05, 0) is 50.6 Å². The van der Waals surface area contributed by atoms with Crippen LogP contribution >= 0.6 is 11.3 Å². The maximum absolute atomic E-state index is 12.7. The summed E-state index contributed by atoms with van der Waals surface area (Å²) in [5.41, 5.74) is 3.66. The molecule has 30 heavy (non-hydrogen) atoms. The minimum absolute atomic E-state index is 0.147. The molecule has 4 rings (SSSR count). The van der Waals surface area contributed by atoms with E-state index in [1.54, 1.807) is 28.4 Å². The Morgan fingerprint density at radius 3 is 2.67 bits per heavy atom. The smallest absolute Gasteiger partial charge is 0.291 e. The van der Waals surface area contributed by atoms with Crippen LogP contribution in [0.4, 0.5) is 5.00 Å². The number of hydrogen-bond donors (Lipinski definition) is 3. The highest BCUT2D eigenvalue weighted by atomic mass is 32.1. The van der Waals surface area contributed by atoms with Gasteiger partial charge in [-0.3, -0.25) is 9.78 Å². The number of hydrogen-bond acceptors (Lipinski definition) is 4. The molecule has 1 amide bonds. The van der Waals surface area contributed by atoms with Crippen molar-refractivity contribution in [3.05, 3.63) is 70.3 Å². The van der Waals surface area contributed by atoms with E-state index in [-0.39, 0.29) is 11.9 Å². The summed E-state index contributed by atoms with van der Waals surface area (Å²) >= 11 is 1.65. The Kier molecular flexibility index (Phi) is 6.32. The fraction of sp³-hybridized carbons (Fsp3) is 0.391. The van der Waals surface area contributed by atoms with Crippen molar-refractivity contribution in [1.29, 1.82) is 0 Å². The fourth-order valence-electron chi connectivity index (χ4n) is 4.38. The number of anilines is 1. The molecule has 1 saturated heterocycles. The van der Waals surface area contributed by atoms with Crippen LogP contribution in [0.15, 0.2) is 47.3 Å². The molecule has 0 unspecified atom stereocenters. The van der Waals surface area contributed by atoms with Crippen molar-refractivity contribution in [2.45, 2.75) is 26.8 Å². The van der Waals surface area contributed by atoms with Crippen molar-refractivity contribution >= 4 is 22.2 Å². The number of thiophene rings is 1. The van der Waals surface area contributed by atoms with Crippen LogP contribution in [0.3, 0.4) is 0 Å². The Morgan fingerprint density at radius 1 is 1.23 bits per heavy atom. The summed E-state index contributed by atoms with van der Waals surface area (Å²) in [4.78, 5) is 21.6. The molecule has 0 radical (unpaired) electrons. The molecule has 0 bridgehead atoms. The maximum atomic E-state index is 12.7. The number of likely N-dealkylation sites (N-methyl/N-ethyl adjacent to an activating group) is 1. The van der Waals surface area contributed by atoms with Crippen LogP contribution in [-0.2, 0) is 0 Å². The second kappa shape index (κ2) is 9.12. The average Bonchev–Trinajstić information content (AvgIpc) is 3.40. The second-order valence-electron chi connectivity index (χ2n) is 7.94. The van der Waals surface area contributed by atoms with Crippen molar-refractivity contribution in [2.75, 3.05) is 38.0 Å². The topological polar surface area (TPSA) is 64.0 Å². The first-order valence-corrected chi connectivity index (χ1v) is 11.4. The van der Waals surface area contributed by atoms with E-state index in [0.29, 0.717) is 5.76 Å². The number of carbonyl (C=O) groups excluding carboxylic acids is 1. The summed E-state index contributed by atoms with van der Waals surface area (Å²) in [6.07, 6.45) is 5.32. The molecule has 4 heterocycles. The van der Waals surface area contributed by atoms with E-state index in [2.05, 4.69) is 37.1 Å². The predicted octanol–water partition coefficient (Wildman–Crippen LogP) is 1.50. The molecule has 1 atom stereocenters. The van der Waals surface area contributed by atoms with E-state index in [9.17, 15) is 4.79 Å². The van der Waals surface area contributed by atoms with Crippen molar-refractivity contribution in [3.8, 4) is 0 Å². The lowest BCUT2D eigenvalue weighted by Gasteiger charge is -2.35. The molecule has 3 aromatic rings. The first-order chi connectivity index (χ1) is 14.6. The number of aryl methyl sites for hydroxylation is 1. The van der Waals surface area contributed by atoms with Crippen LogP contribution in [-0.4, -0.2) is 43.6 Å². The van der Waals surface area contributed by atoms with E-state index in [1.807, 2.05) is 18.5 Å². The van der Waals surface area contributed by atoms with E-state index < -0.39 is 0 Å². The molecule has 3 aromatic heterocycles. The van der Waals surface area contributed by atoms with Crippen molar-refractivity contribution in [2.24, 2.45) is 0 Å². The number of quaternary nitrogens is 2. The van der Waals surface area contributed by atoms with Gasteiger partial charge in [0.05, 0.1) is 18.4 Å². The number of nitrogens with zero attached hydrogens (tertiary/aromatic N) is 1. The largest absolute Gasteiger partial charge is 0.459 e. The molecule has 7 heteroatoms. The van der Waals surface area contributed by atoms with Gasteiger partial charge in [0.15, 0.2) is 5.76 Å². The Morgan fingerprint density at radius 2 is 2.03 bits per heavy atom. The minimum atomic E-state index is -0.206. The minimum Gasteiger partial charge on any atom is -0.459 e. The summed E-state index contributed by atoms with van der Waals surface area (Å²) in [5.74, 6) is 0.123. The van der Waals surface area contributed by atoms with Gasteiger partial charge in [0.1, 0.15) is 37.2 Å². The van der Waals surface area contributed by atoms with Gasteiger partial charge in [-0.25, -0.2) is 0 Å². The predicted molar refractivity (Wildman–Crippen MR) is 118 cm³/mol. The summed E-state index contributed by atoms with van der Waals surface area (Å²) in [7, 11) is 0. The van der Waals surface area contributed by atoms with Crippen molar-refractivity contribution in [1.82, 2.24) is 4.98 Å². The number of amides is 1. The van der Waals surface area contributed by atoms with E-state index >= 15 is 0 Å². The quantitative estimate of drug-likeness (QED) is 0.560. The third kappa shape index (κ3) is 4.19. The van der Waals surface area contributed by atoms with Crippen LogP contribution in [0.2, 0.25) is 0 Å². The van der Waals surface area contributed by atoms with Crippen LogP contribution in [0, 0.1) is 13.8 Å². The van der Waals surface area contributed by atoms with Gasteiger partial charge in [-0.15, -0.1) is 11.3 Å². The highest BCUT2D eigenvalue weighted by Gasteiger charge is 2.35. The lowest BCUT2D eigenvalue weighted by molar-refractivity contribution is -1.02. The number of furan rings is 1. The molecular weight excluding hydrogens is 396 g/mol. The molecule has 6 nitrogen and oxygen atoms in total. The van der Waals surface area contributed by atoms with E-state index in [1.165, 1.54) is 52.4 Å². The number of pyridine rings is 1. The molecule has 1 aliphatic heterocycles. The van der Waals surface area contributed by atoms with Gasteiger partial charge in [0.25, 0.3) is 5.91 Å². The number of nitrogens with one attached hydrogen (secondary N) is 3. The Labute approximate surface area is 181 Å². The van der Waals surface area contributed by atoms with Crippen LogP contribution < -0.4 is 15.1 Å². The molecule has 158 valence electrons. The number of rotatable bonds is 6. The van der Waals surface area contributed by atoms with Gasteiger partial charge in [0, 0.05) is 22.8 Å². The van der Waals surface area contributed by atoms with Gasteiger partial charge in [-0.2, -0.15) is 0 Å². The van der Waals surface area contributed by atoms with Crippen LogP contribution in [0.25, 0.3) is 0 Å². The van der Waals surface area contributed by atoms with Gasteiger partial charge >= 0.3 is 0 Å². The SMILES string of the molecule is CC[NH+]1CC[NH+]([C@H](c2cccnc2)c2c(NC(=O)c3ccco3)sc(C)c2C)CC1. The first-order valence-electron chi connectivity index (χ1n) is 10.6. The standard InChI is InChI=1S/C23H28N4O2S/c1-4-26-10-12-27(13-11-26)21(18-7-5-9-24-15-18)20-16(2)17(3)30-23(20)25-22(28)19-8-6-14-29-19/h5-9,14-15,21H,4,10-13H2,1-3H3,(H,25,28)/p+2/t21-/m1/s1. The zero-order valence-corrected chi connectivity index (χ0v) is 18.6. The van der Waals surface area contributed by atoms with Gasteiger partial charge in [-0.1, -0.05) is 0 Å². The second-order valence-corrected chi connectivity index (χ2v) is 9.16. The lowest BCUT2D eigenvalue weighted by Crippen LogP contribution is -3.28. The summed E-state index contributed by atoms with van der Waals surface area (Å²) in [6.45, 7) is 12.3. The highest BCUT2D eigenvalue weighted by molar-refractivity contribution is 7.16. The number of aromatic nitrogens is 1. The zero-order chi connectivity index (χ0) is 21.1. The maximum Gasteiger partial charge on any atom is 0.291 e. The summed E-state index contributed by atoms with van der Waals surface area (Å²) in [6, 6.07) is 7.74. The number of piperazine rings is 1. The zero-order valence-electron chi connectivity index (χ0n) is 17.8. The molecule has 0 aromatic carbocycles. The molecule has 1 aliphatic rings. The van der Waals surface area contributed by atoms with Crippen LogP contribution in [0.5, 0.6) is 0 Å². The number of carbonyl (C=O) groups is 1. The van der Waals surface area contributed by atoms with E-state index in [4.69, 9.17) is 4.42 Å². The van der Waals surface area contributed by atoms with Gasteiger partial charge < -0.3 is 19.5 Å². The van der Waals surface area contributed by atoms with Crippen molar-refractivity contribution in [3.63, 3.8) is 0 Å².